The summed E-state index contributed by atoms with van der Waals surface area (Å²) >= 11 is 0. The quantitative estimate of drug-likeness (QED) is 0.853. The molecule has 1 saturated carbocycles. The SMILES string of the molecule is C1CCNC1.COc1ccc(CCOC2CCCCC2)cc1OC.O. The van der Waals surface area contributed by atoms with E-state index in [9.17, 15) is 0 Å². The van der Waals surface area contributed by atoms with Crippen molar-refractivity contribution in [3.05, 3.63) is 23.8 Å². The number of hydrogen-bond acceptors (Lipinski definition) is 4. The maximum atomic E-state index is 5.94. The molecule has 1 aromatic carbocycles. The molecule has 0 spiro atoms. The van der Waals surface area contributed by atoms with Crippen molar-refractivity contribution in [2.45, 2.75) is 57.5 Å². The van der Waals surface area contributed by atoms with Crippen LogP contribution in [0.15, 0.2) is 18.2 Å². The number of methoxy groups -OCH3 is 2. The Kier molecular flexibility index (Phi) is 11.3. The molecule has 3 N–H and O–H groups in total. The predicted octanol–water partition coefficient (Wildman–Crippen LogP) is 3.14. The number of nitrogens with one attached hydrogen (secondary N) is 1. The van der Waals surface area contributed by atoms with Crippen molar-refractivity contribution in [1.82, 2.24) is 5.32 Å². The van der Waals surface area contributed by atoms with Crippen LogP contribution < -0.4 is 14.8 Å². The van der Waals surface area contributed by atoms with E-state index in [1.165, 1.54) is 63.6 Å². The second-order valence-corrected chi connectivity index (χ2v) is 6.53. The van der Waals surface area contributed by atoms with Crippen molar-refractivity contribution in [1.29, 1.82) is 0 Å². The smallest absolute Gasteiger partial charge is 0.160 e. The minimum Gasteiger partial charge on any atom is -0.493 e. The molecule has 1 aromatic rings. The van der Waals surface area contributed by atoms with Gasteiger partial charge >= 0.3 is 0 Å². The Balaban J connectivity index is 0.000000448. The Morgan fingerprint density at radius 1 is 0.920 bits per heavy atom. The first-order chi connectivity index (χ1) is 11.8. The van der Waals surface area contributed by atoms with Crippen LogP contribution in [0.3, 0.4) is 0 Å². The Morgan fingerprint density at radius 2 is 1.60 bits per heavy atom. The van der Waals surface area contributed by atoms with Crippen molar-refractivity contribution in [2.24, 2.45) is 0 Å². The summed E-state index contributed by atoms with van der Waals surface area (Å²) < 4.78 is 16.5. The maximum Gasteiger partial charge on any atom is 0.160 e. The van der Waals surface area contributed by atoms with Gasteiger partial charge in [-0.25, -0.2) is 0 Å². The fraction of sp³-hybridized carbons (Fsp3) is 0.700. The fourth-order valence-electron chi connectivity index (χ4n) is 3.24. The lowest BCUT2D eigenvalue weighted by molar-refractivity contribution is 0.0303. The van der Waals surface area contributed by atoms with Gasteiger partial charge in [0.1, 0.15) is 0 Å². The third-order valence-electron chi connectivity index (χ3n) is 4.70. The summed E-state index contributed by atoms with van der Waals surface area (Å²) in [5, 5.41) is 3.22. The third-order valence-corrected chi connectivity index (χ3v) is 4.70. The van der Waals surface area contributed by atoms with E-state index >= 15 is 0 Å². The van der Waals surface area contributed by atoms with E-state index in [4.69, 9.17) is 14.2 Å². The Hall–Kier alpha value is -1.30. The first kappa shape index (κ1) is 21.7. The van der Waals surface area contributed by atoms with E-state index in [0.717, 1.165) is 24.5 Å². The molecule has 144 valence electrons. The van der Waals surface area contributed by atoms with Gasteiger partial charge in [0.05, 0.1) is 26.9 Å². The fourth-order valence-corrected chi connectivity index (χ4v) is 3.24. The molecule has 3 rings (SSSR count). The molecule has 5 nitrogen and oxygen atoms in total. The van der Waals surface area contributed by atoms with Crippen molar-refractivity contribution in [3.63, 3.8) is 0 Å². The van der Waals surface area contributed by atoms with Gasteiger partial charge in [0.15, 0.2) is 11.5 Å². The summed E-state index contributed by atoms with van der Waals surface area (Å²) in [6.45, 7) is 3.29. The summed E-state index contributed by atoms with van der Waals surface area (Å²) in [5.41, 5.74) is 1.23. The molecular weight excluding hydrogens is 318 g/mol. The average Bonchev–Trinajstić information content (AvgIpc) is 3.22. The summed E-state index contributed by atoms with van der Waals surface area (Å²) in [6.07, 6.45) is 10.7. The molecule has 0 atom stereocenters. The topological polar surface area (TPSA) is 71.2 Å². The molecular formula is C20H35NO4. The first-order valence-electron chi connectivity index (χ1n) is 9.36. The molecule has 1 aliphatic heterocycles. The van der Waals surface area contributed by atoms with Crippen LogP contribution in [0.5, 0.6) is 11.5 Å². The molecule has 1 aliphatic carbocycles. The van der Waals surface area contributed by atoms with Gasteiger partial charge < -0.3 is 25.0 Å². The molecule has 1 heterocycles. The highest BCUT2D eigenvalue weighted by Crippen LogP contribution is 2.28. The van der Waals surface area contributed by atoms with E-state index < -0.39 is 0 Å². The Morgan fingerprint density at radius 3 is 2.16 bits per heavy atom. The third kappa shape index (κ3) is 8.08. The number of hydrogen-bond donors (Lipinski definition) is 1. The molecule has 0 aromatic heterocycles. The Bertz CT molecular complexity index is 449. The molecule has 1 saturated heterocycles. The molecule has 5 heteroatoms. The van der Waals surface area contributed by atoms with Crippen LogP contribution in [0.25, 0.3) is 0 Å². The zero-order chi connectivity index (χ0) is 17.0. The summed E-state index contributed by atoms with van der Waals surface area (Å²) in [4.78, 5) is 0. The van der Waals surface area contributed by atoms with Crippen LogP contribution in [-0.4, -0.2) is 45.5 Å². The molecule has 0 radical (unpaired) electrons. The van der Waals surface area contributed by atoms with Crippen molar-refractivity contribution in [3.8, 4) is 11.5 Å². The van der Waals surface area contributed by atoms with Crippen LogP contribution in [0.1, 0.15) is 50.5 Å². The minimum absolute atomic E-state index is 0. The van der Waals surface area contributed by atoms with Crippen LogP contribution >= 0.6 is 0 Å². The number of ether oxygens (including phenoxy) is 3. The van der Waals surface area contributed by atoms with Gasteiger partial charge in [0, 0.05) is 0 Å². The lowest BCUT2D eigenvalue weighted by Crippen LogP contribution is -2.17. The van der Waals surface area contributed by atoms with Crippen LogP contribution in [0.4, 0.5) is 0 Å². The largest absolute Gasteiger partial charge is 0.493 e. The highest BCUT2D eigenvalue weighted by atomic mass is 16.5. The zero-order valence-corrected chi connectivity index (χ0v) is 15.8. The van der Waals surface area contributed by atoms with E-state index in [2.05, 4.69) is 11.4 Å². The highest BCUT2D eigenvalue weighted by molar-refractivity contribution is 5.42. The van der Waals surface area contributed by atoms with Gasteiger partial charge in [0.2, 0.25) is 0 Å². The molecule has 0 bridgehead atoms. The van der Waals surface area contributed by atoms with Crippen LogP contribution in [-0.2, 0) is 11.2 Å². The van der Waals surface area contributed by atoms with Gasteiger partial charge in [-0.1, -0.05) is 25.3 Å². The molecule has 25 heavy (non-hydrogen) atoms. The van der Waals surface area contributed by atoms with Crippen LogP contribution in [0.2, 0.25) is 0 Å². The minimum atomic E-state index is 0. The van der Waals surface area contributed by atoms with Crippen molar-refractivity contribution in [2.75, 3.05) is 33.9 Å². The Labute approximate surface area is 152 Å². The van der Waals surface area contributed by atoms with Crippen LogP contribution in [0, 0.1) is 0 Å². The summed E-state index contributed by atoms with van der Waals surface area (Å²) in [7, 11) is 3.32. The van der Waals surface area contributed by atoms with E-state index in [0.29, 0.717) is 6.10 Å². The number of rotatable bonds is 6. The van der Waals surface area contributed by atoms with E-state index in [1.807, 2.05) is 12.1 Å². The average molecular weight is 354 g/mol. The number of benzene rings is 1. The normalized spacial score (nSPS) is 17.2. The highest BCUT2D eigenvalue weighted by Gasteiger charge is 2.13. The summed E-state index contributed by atoms with van der Waals surface area (Å²) in [6, 6.07) is 6.06. The molecule has 0 amide bonds. The monoisotopic (exact) mass is 353 g/mol. The van der Waals surface area contributed by atoms with Gasteiger partial charge in [0.25, 0.3) is 0 Å². The first-order valence-corrected chi connectivity index (χ1v) is 9.36. The van der Waals surface area contributed by atoms with E-state index in [-0.39, 0.29) is 5.48 Å². The standard InChI is InChI=1S/C16H24O3.C4H9N.H2O/c1-17-15-9-8-13(12-16(15)18-2)10-11-19-14-6-4-3-5-7-14;1-2-4-5-3-1;/h8-9,12,14H,3-7,10-11H2,1-2H3;5H,1-4H2;1H2. The van der Waals surface area contributed by atoms with Gasteiger partial charge in [-0.15, -0.1) is 0 Å². The van der Waals surface area contributed by atoms with Crippen molar-refractivity contribution < 1.29 is 19.7 Å². The zero-order valence-electron chi connectivity index (χ0n) is 15.8. The predicted molar refractivity (Wildman–Crippen MR) is 102 cm³/mol. The second kappa shape index (κ2) is 13.0. The van der Waals surface area contributed by atoms with Crippen molar-refractivity contribution >= 4 is 0 Å². The maximum absolute atomic E-state index is 5.94. The molecule has 2 fully saturated rings. The molecule has 2 aliphatic rings. The van der Waals surface area contributed by atoms with Gasteiger partial charge in [-0.2, -0.15) is 0 Å². The lowest BCUT2D eigenvalue weighted by atomic mass is 9.98. The van der Waals surface area contributed by atoms with Gasteiger partial charge in [-0.3, -0.25) is 0 Å². The second-order valence-electron chi connectivity index (χ2n) is 6.53. The van der Waals surface area contributed by atoms with E-state index in [1.54, 1.807) is 14.2 Å². The van der Waals surface area contributed by atoms with Gasteiger partial charge in [-0.05, 0) is 62.9 Å². The molecule has 0 unspecified atom stereocenters. The summed E-state index contributed by atoms with van der Waals surface area (Å²) in [5.74, 6) is 1.57. The lowest BCUT2D eigenvalue weighted by Gasteiger charge is -2.22.